The van der Waals surface area contributed by atoms with Gasteiger partial charge < -0.3 is 15.5 Å². The molecule has 0 fully saturated rings. The number of aliphatic carboxylic acids is 1. The second-order valence-electron chi connectivity index (χ2n) is 2.61. The third-order valence-corrected chi connectivity index (χ3v) is 1.57. The summed E-state index contributed by atoms with van der Waals surface area (Å²) in [5.74, 6) is -2.25. The Balaban J connectivity index is 2.59. The molecule has 1 heterocycles. The summed E-state index contributed by atoms with van der Waals surface area (Å²) in [5.41, 5.74) is 0. The molecule has 1 atom stereocenters. The number of aliphatic hydroxyl groups excluding tert-OH is 1. The van der Waals surface area contributed by atoms with Crippen molar-refractivity contribution in [1.29, 1.82) is 0 Å². The van der Waals surface area contributed by atoms with E-state index in [0.717, 1.165) is 0 Å². The molecule has 9 nitrogen and oxygen atoms in total. The van der Waals surface area contributed by atoms with Crippen LogP contribution >= 0.6 is 0 Å². The van der Waals surface area contributed by atoms with E-state index in [-0.39, 0.29) is 18.9 Å². The third-order valence-electron chi connectivity index (χ3n) is 1.57. The Hall–Kier alpha value is -2.03. The second kappa shape index (κ2) is 5.00. The molecular weight excluding hydrogens is 206 g/mol. The third kappa shape index (κ3) is 2.98. The highest BCUT2D eigenvalue weighted by Gasteiger charge is 2.21. The highest BCUT2D eigenvalue weighted by Crippen LogP contribution is 1.93. The van der Waals surface area contributed by atoms with E-state index >= 15 is 0 Å². The van der Waals surface area contributed by atoms with Gasteiger partial charge in [-0.25, -0.2) is 4.79 Å². The molecule has 0 bridgehead atoms. The fourth-order valence-electron chi connectivity index (χ4n) is 0.867. The van der Waals surface area contributed by atoms with Crippen LogP contribution in [0, 0.1) is 0 Å². The van der Waals surface area contributed by atoms with Crippen LogP contribution in [-0.4, -0.2) is 55.4 Å². The summed E-state index contributed by atoms with van der Waals surface area (Å²) in [5, 5.41) is 31.3. The van der Waals surface area contributed by atoms with Crippen LogP contribution in [0.15, 0.2) is 0 Å². The summed E-state index contributed by atoms with van der Waals surface area (Å²) in [6, 6.07) is -1.17. The van der Waals surface area contributed by atoms with Crippen LogP contribution in [0.1, 0.15) is 17.0 Å². The van der Waals surface area contributed by atoms with Gasteiger partial charge in [0, 0.05) is 13.0 Å². The number of amides is 1. The zero-order valence-corrected chi connectivity index (χ0v) is 7.54. The number of carbonyl (C=O) groups is 2. The van der Waals surface area contributed by atoms with Crippen LogP contribution in [0.4, 0.5) is 0 Å². The lowest BCUT2D eigenvalue weighted by Crippen LogP contribution is -2.41. The summed E-state index contributed by atoms with van der Waals surface area (Å²) >= 11 is 0. The summed E-state index contributed by atoms with van der Waals surface area (Å²) in [7, 11) is 0. The first-order chi connectivity index (χ1) is 7.15. The Morgan fingerprint density at radius 1 is 1.53 bits per heavy atom. The maximum Gasteiger partial charge on any atom is 0.326 e. The molecule has 1 rings (SSSR count). The number of aromatic amines is 1. The van der Waals surface area contributed by atoms with E-state index in [1.165, 1.54) is 0 Å². The van der Waals surface area contributed by atoms with E-state index in [9.17, 15) is 9.59 Å². The normalized spacial score (nSPS) is 12.1. The van der Waals surface area contributed by atoms with Crippen molar-refractivity contribution >= 4 is 11.9 Å². The number of carboxylic acids is 1. The molecule has 1 amide bonds. The summed E-state index contributed by atoms with van der Waals surface area (Å²) in [6.07, 6.45) is -0.0844. The number of hydrogen-bond donors (Lipinski definition) is 4. The lowest BCUT2D eigenvalue weighted by Gasteiger charge is -2.10. The minimum Gasteiger partial charge on any atom is -0.480 e. The van der Waals surface area contributed by atoms with Crippen LogP contribution in [0.3, 0.4) is 0 Å². The molecule has 4 N–H and O–H groups in total. The van der Waals surface area contributed by atoms with Gasteiger partial charge >= 0.3 is 5.97 Å². The number of hydrogen-bond acceptors (Lipinski definition) is 6. The number of carboxylic acid groups (broad SMARTS) is 1. The van der Waals surface area contributed by atoms with E-state index < -0.39 is 17.9 Å². The zero-order chi connectivity index (χ0) is 11.3. The van der Waals surface area contributed by atoms with E-state index in [2.05, 4.69) is 25.9 Å². The van der Waals surface area contributed by atoms with Crippen molar-refractivity contribution in [2.75, 3.05) is 6.61 Å². The molecule has 0 saturated heterocycles. The molecule has 0 aliphatic carbocycles. The van der Waals surface area contributed by atoms with Gasteiger partial charge in [-0.05, 0) is 5.21 Å². The second-order valence-corrected chi connectivity index (χ2v) is 2.61. The standard InChI is InChI=1S/C6H9N5O4/c12-2-1-3(6(14)15)7-5(13)4-8-10-11-9-4/h3,12H,1-2H2,(H,7,13)(H,14,15)(H,8,9,10,11)/t3-/m0/s1. The fourth-order valence-corrected chi connectivity index (χ4v) is 0.867. The summed E-state index contributed by atoms with van der Waals surface area (Å²) < 4.78 is 0. The molecule has 0 aliphatic heterocycles. The Bertz CT molecular complexity index is 337. The van der Waals surface area contributed by atoms with E-state index in [1.54, 1.807) is 0 Å². The number of rotatable bonds is 5. The van der Waals surface area contributed by atoms with Crippen molar-refractivity contribution in [3.63, 3.8) is 0 Å². The van der Waals surface area contributed by atoms with Crippen molar-refractivity contribution in [1.82, 2.24) is 25.9 Å². The van der Waals surface area contributed by atoms with Crippen molar-refractivity contribution in [2.24, 2.45) is 0 Å². The number of tetrazole rings is 1. The van der Waals surface area contributed by atoms with Crippen LogP contribution in [0.25, 0.3) is 0 Å². The topological polar surface area (TPSA) is 141 Å². The first kappa shape index (κ1) is 11.0. The highest BCUT2D eigenvalue weighted by molar-refractivity contribution is 5.93. The van der Waals surface area contributed by atoms with Gasteiger partial charge in [-0.3, -0.25) is 4.79 Å². The zero-order valence-electron chi connectivity index (χ0n) is 7.54. The molecule has 82 valence electrons. The average molecular weight is 215 g/mol. The van der Waals surface area contributed by atoms with Gasteiger partial charge in [0.1, 0.15) is 6.04 Å². The number of nitrogens with zero attached hydrogens (tertiary/aromatic N) is 3. The SMILES string of the molecule is O=C(N[C@@H](CCO)C(=O)O)c1nn[nH]n1. The molecule has 0 aliphatic rings. The van der Waals surface area contributed by atoms with E-state index in [4.69, 9.17) is 10.2 Å². The number of carbonyl (C=O) groups excluding carboxylic acids is 1. The fraction of sp³-hybridized carbons (Fsp3) is 0.500. The average Bonchev–Trinajstić information content (AvgIpc) is 2.69. The van der Waals surface area contributed by atoms with Crippen molar-refractivity contribution in [3.8, 4) is 0 Å². The van der Waals surface area contributed by atoms with E-state index in [1.807, 2.05) is 0 Å². The van der Waals surface area contributed by atoms with Gasteiger partial charge in [0.25, 0.3) is 11.7 Å². The first-order valence-corrected chi connectivity index (χ1v) is 4.03. The number of nitrogens with one attached hydrogen (secondary N) is 2. The van der Waals surface area contributed by atoms with Gasteiger partial charge in [-0.2, -0.15) is 5.21 Å². The first-order valence-electron chi connectivity index (χ1n) is 4.03. The molecule has 0 saturated carbocycles. The van der Waals surface area contributed by atoms with E-state index in [0.29, 0.717) is 0 Å². The van der Waals surface area contributed by atoms with Crippen LogP contribution in [-0.2, 0) is 4.79 Å². The van der Waals surface area contributed by atoms with Gasteiger partial charge in [0.05, 0.1) is 0 Å². The molecule has 0 unspecified atom stereocenters. The number of H-pyrrole nitrogens is 1. The minimum absolute atomic E-state index is 0.0844. The molecule has 15 heavy (non-hydrogen) atoms. The van der Waals surface area contributed by atoms with Crippen LogP contribution < -0.4 is 5.32 Å². The molecule has 0 aromatic carbocycles. The molecule has 1 aromatic heterocycles. The number of aromatic nitrogens is 4. The molecule has 0 spiro atoms. The predicted octanol–water partition coefficient (Wildman–Crippen LogP) is -2.23. The quantitative estimate of drug-likeness (QED) is 0.435. The smallest absolute Gasteiger partial charge is 0.326 e. The number of aliphatic hydroxyl groups is 1. The maximum atomic E-state index is 11.3. The minimum atomic E-state index is -1.24. The Morgan fingerprint density at radius 2 is 2.27 bits per heavy atom. The lowest BCUT2D eigenvalue weighted by molar-refractivity contribution is -0.139. The maximum absolute atomic E-state index is 11.3. The van der Waals surface area contributed by atoms with Gasteiger partial charge in [-0.1, -0.05) is 0 Å². The van der Waals surface area contributed by atoms with Crippen molar-refractivity contribution in [2.45, 2.75) is 12.5 Å². The van der Waals surface area contributed by atoms with Crippen molar-refractivity contribution < 1.29 is 19.8 Å². The largest absolute Gasteiger partial charge is 0.480 e. The summed E-state index contributed by atoms with van der Waals surface area (Å²) in [4.78, 5) is 21.9. The highest BCUT2D eigenvalue weighted by atomic mass is 16.4. The van der Waals surface area contributed by atoms with Gasteiger partial charge in [-0.15, -0.1) is 10.2 Å². The Labute approximate surface area is 83.5 Å². The molecule has 1 aromatic rings. The Kier molecular flexibility index (Phi) is 3.68. The predicted molar refractivity (Wildman–Crippen MR) is 44.8 cm³/mol. The lowest BCUT2D eigenvalue weighted by atomic mass is 10.2. The van der Waals surface area contributed by atoms with Crippen LogP contribution in [0.5, 0.6) is 0 Å². The molecule has 9 heteroatoms. The van der Waals surface area contributed by atoms with Gasteiger partial charge in [0.2, 0.25) is 0 Å². The van der Waals surface area contributed by atoms with Crippen LogP contribution in [0.2, 0.25) is 0 Å². The Morgan fingerprint density at radius 3 is 2.73 bits per heavy atom. The molecule has 0 radical (unpaired) electrons. The van der Waals surface area contributed by atoms with Crippen molar-refractivity contribution in [3.05, 3.63) is 5.82 Å². The monoisotopic (exact) mass is 215 g/mol. The molecular formula is C6H9N5O4. The van der Waals surface area contributed by atoms with Gasteiger partial charge in [0.15, 0.2) is 0 Å². The summed E-state index contributed by atoms with van der Waals surface area (Å²) in [6.45, 7) is -0.344.